The van der Waals surface area contributed by atoms with E-state index in [1.54, 1.807) is 0 Å². The summed E-state index contributed by atoms with van der Waals surface area (Å²) in [7, 11) is 0. The third-order valence-electron chi connectivity index (χ3n) is 5.02. The zero-order chi connectivity index (χ0) is 20.5. The third kappa shape index (κ3) is 6.50. The van der Waals surface area contributed by atoms with Crippen LogP contribution in [0.15, 0.2) is 53.5 Å². The molecule has 1 aliphatic heterocycles. The van der Waals surface area contributed by atoms with Gasteiger partial charge in [-0.25, -0.2) is 4.99 Å². The normalized spacial score (nSPS) is 13.7. The monoisotopic (exact) mass is 412 g/mol. The molecular formula is C23H29ClN4O. The van der Waals surface area contributed by atoms with Crippen LogP contribution in [0.4, 0.5) is 0 Å². The van der Waals surface area contributed by atoms with Gasteiger partial charge >= 0.3 is 0 Å². The Kier molecular flexibility index (Phi) is 7.94. The first kappa shape index (κ1) is 21.2. The predicted molar refractivity (Wildman–Crippen MR) is 119 cm³/mol. The smallest absolute Gasteiger partial charge is 0.222 e. The fraction of sp³-hybridized carbons (Fsp3) is 0.391. The molecule has 0 fully saturated rings. The van der Waals surface area contributed by atoms with Crippen molar-refractivity contribution in [3.8, 4) is 0 Å². The second kappa shape index (κ2) is 10.9. The Morgan fingerprint density at radius 2 is 1.86 bits per heavy atom. The van der Waals surface area contributed by atoms with Crippen LogP contribution in [0.25, 0.3) is 0 Å². The number of amides is 1. The zero-order valence-corrected chi connectivity index (χ0v) is 17.7. The molecule has 3 rings (SSSR count). The van der Waals surface area contributed by atoms with Gasteiger partial charge in [-0.1, -0.05) is 48.0 Å². The Bertz CT molecular complexity index is 835. The molecule has 0 unspecified atom stereocenters. The number of nitrogens with one attached hydrogen (secondary N) is 2. The number of nitrogens with zero attached hydrogens (tertiary/aromatic N) is 2. The first-order chi connectivity index (χ1) is 14.2. The maximum atomic E-state index is 12.6. The molecule has 0 atom stereocenters. The molecule has 0 aliphatic carbocycles. The minimum Gasteiger partial charge on any atom is -0.357 e. The van der Waals surface area contributed by atoms with E-state index in [2.05, 4.69) is 33.8 Å². The molecule has 1 amide bonds. The maximum Gasteiger partial charge on any atom is 0.222 e. The summed E-state index contributed by atoms with van der Waals surface area (Å²) < 4.78 is 0. The van der Waals surface area contributed by atoms with Gasteiger partial charge in [-0.05, 0) is 48.6 Å². The highest BCUT2D eigenvalue weighted by Crippen LogP contribution is 2.19. The number of hydrogen-bond acceptors (Lipinski definition) is 2. The van der Waals surface area contributed by atoms with E-state index in [1.165, 1.54) is 11.1 Å². The Balaban J connectivity index is 1.42. The Hall–Kier alpha value is -2.53. The number of hydrogen-bond donors (Lipinski definition) is 2. The van der Waals surface area contributed by atoms with Crippen molar-refractivity contribution < 1.29 is 4.79 Å². The summed E-state index contributed by atoms with van der Waals surface area (Å²) in [5.41, 5.74) is 3.74. The molecule has 2 aromatic rings. The maximum absolute atomic E-state index is 12.6. The molecule has 0 aromatic heterocycles. The Morgan fingerprint density at radius 1 is 1.10 bits per heavy atom. The molecule has 0 bridgehead atoms. The molecule has 0 spiro atoms. The van der Waals surface area contributed by atoms with Crippen LogP contribution in [-0.2, 0) is 24.3 Å². The highest BCUT2D eigenvalue weighted by Gasteiger charge is 2.19. The number of aliphatic imine (C=N–C) groups is 1. The van der Waals surface area contributed by atoms with E-state index in [9.17, 15) is 4.79 Å². The summed E-state index contributed by atoms with van der Waals surface area (Å²) in [6.45, 7) is 5.67. The zero-order valence-electron chi connectivity index (χ0n) is 17.0. The summed E-state index contributed by atoms with van der Waals surface area (Å²) in [6.07, 6.45) is 2.27. The van der Waals surface area contributed by atoms with Crippen molar-refractivity contribution in [2.45, 2.75) is 39.3 Å². The van der Waals surface area contributed by atoms with Crippen molar-refractivity contribution in [2.24, 2.45) is 4.99 Å². The SMILES string of the molecule is CCNC(=NCc1ccc(Cl)cc1)NCCCC(=O)N1CCc2ccccc2C1. The van der Waals surface area contributed by atoms with E-state index >= 15 is 0 Å². The average Bonchev–Trinajstić information content (AvgIpc) is 2.75. The molecule has 0 saturated carbocycles. The van der Waals surface area contributed by atoms with Gasteiger partial charge in [0.15, 0.2) is 5.96 Å². The van der Waals surface area contributed by atoms with E-state index in [0.29, 0.717) is 19.5 Å². The van der Waals surface area contributed by atoms with Crippen molar-refractivity contribution >= 4 is 23.5 Å². The van der Waals surface area contributed by atoms with Crippen LogP contribution in [0, 0.1) is 0 Å². The van der Waals surface area contributed by atoms with Crippen molar-refractivity contribution in [2.75, 3.05) is 19.6 Å². The molecule has 1 heterocycles. The molecule has 29 heavy (non-hydrogen) atoms. The minimum absolute atomic E-state index is 0.226. The molecule has 5 nitrogen and oxygen atoms in total. The van der Waals surface area contributed by atoms with E-state index in [4.69, 9.17) is 11.6 Å². The van der Waals surface area contributed by atoms with Gasteiger partial charge in [0, 0.05) is 37.6 Å². The van der Waals surface area contributed by atoms with Gasteiger partial charge in [-0.2, -0.15) is 0 Å². The summed E-state index contributed by atoms with van der Waals surface area (Å²) in [5.74, 6) is 0.992. The quantitative estimate of drug-likeness (QED) is 0.413. The number of benzene rings is 2. The van der Waals surface area contributed by atoms with Gasteiger partial charge in [0.05, 0.1) is 6.54 Å². The van der Waals surface area contributed by atoms with Crippen molar-refractivity contribution in [1.82, 2.24) is 15.5 Å². The van der Waals surface area contributed by atoms with Crippen LogP contribution in [0.5, 0.6) is 0 Å². The first-order valence-corrected chi connectivity index (χ1v) is 10.6. The number of guanidine groups is 1. The van der Waals surface area contributed by atoms with Crippen LogP contribution < -0.4 is 10.6 Å². The van der Waals surface area contributed by atoms with Crippen LogP contribution in [0.3, 0.4) is 0 Å². The Morgan fingerprint density at radius 3 is 2.62 bits per heavy atom. The van der Waals surface area contributed by atoms with Crippen molar-refractivity contribution in [1.29, 1.82) is 0 Å². The lowest BCUT2D eigenvalue weighted by Gasteiger charge is -2.29. The Labute approximate surface area is 178 Å². The number of carbonyl (C=O) groups excluding carboxylic acids is 1. The van der Waals surface area contributed by atoms with Gasteiger partial charge in [-0.15, -0.1) is 0 Å². The van der Waals surface area contributed by atoms with Gasteiger partial charge in [0.1, 0.15) is 0 Å². The standard InChI is InChI=1S/C23H29ClN4O/c1-2-25-23(27-16-18-9-11-21(24)12-10-18)26-14-5-8-22(29)28-15-13-19-6-3-4-7-20(19)17-28/h3-4,6-7,9-12H,2,5,8,13-17H2,1H3,(H2,25,26,27). The second-order valence-corrected chi connectivity index (χ2v) is 7.62. The van der Waals surface area contributed by atoms with Gasteiger partial charge in [0.2, 0.25) is 5.91 Å². The van der Waals surface area contributed by atoms with E-state index in [1.807, 2.05) is 42.2 Å². The van der Waals surface area contributed by atoms with Crippen molar-refractivity contribution in [3.63, 3.8) is 0 Å². The summed E-state index contributed by atoms with van der Waals surface area (Å²) in [4.78, 5) is 19.1. The van der Waals surface area contributed by atoms with Gasteiger partial charge < -0.3 is 15.5 Å². The summed E-state index contributed by atoms with van der Waals surface area (Å²) in [6, 6.07) is 16.1. The number of rotatable bonds is 7. The second-order valence-electron chi connectivity index (χ2n) is 7.19. The van der Waals surface area contributed by atoms with E-state index in [-0.39, 0.29) is 5.91 Å². The molecule has 2 aromatic carbocycles. The number of carbonyl (C=O) groups is 1. The molecule has 1 aliphatic rings. The van der Waals surface area contributed by atoms with Crippen LogP contribution in [0.1, 0.15) is 36.5 Å². The molecule has 154 valence electrons. The molecule has 0 saturated heterocycles. The first-order valence-electron chi connectivity index (χ1n) is 10.3. The summed E-state index contributed by atoms with van der Waals surface area (Å²) >= 11 is 5.92. The third-order valence-corrected chi connectivity index (χ3v) is 5.27. The largest absolute Gasteiger partial charge is 0.357 e. The molecule has 2 N–H and O–H groups in total. The lowest BCUT2D eigenvalue weighted by Crippen LogP contribution is -2.39. The van der Waals surface area contributed by atoms with Crippen LogP contribution >= 0.6 is 11.6 Å². The number of halogens is 1. The highest BCUT2D eigenvalue weighted by molar-refractivity contribution is 6.30. The molecule has 0 radical (unpaired) electrons. The van der Waals surface area contributed by atoms with Gasteiger partial charge in [-0.3, -0.25) is 4.79 Å². The summed E-state index contributed by atoms with van der Waals surface area (Å²) in [5, 5.41) is 7.29. The minimum atomic E-state index is 0.226. The average molecular weight is 413 g/mol. The van der Waals surface area contributed by atoms with E-state index in [0.717, 1.165) is 49.0 Å². The highest BCUT2D eigenvalue weighted by atomic mass is 35.5. The van der Waals surface area contributed by atoms with E-state index < -0.39 is 0 Å². The van der Waals surface area contributed by atoms with Crippen LogP contribution in [-0.4, -0.2) is 36.4 Å². The topological polar surface area (TPSA) is 56.7 Å². The molecule has 6 heteroatoms. The fourth-order valence-corrected chi connectivity index (χ4v) is 3.54. The fourth-order valence-electron chi connectivity index (χ4n) is 3.42. The number of fused-ring (bicyclic) bond motifs is 1. The van der Waals surface area contributed by atoms with Crippen molar-refractivity contribution in [3.05, 3.63) is 70.2 Å². The lowest BCUT2D eigenvalue weighted by molar-refractivity contribution is -0.132. The predicted octanol–water partition coefficient (Wildman–Crippen LogP) is 3.76. The van der Waals surface area contributed by atoms with Crippen LogP contribution in [0.2, 0.25) is 5.02 Å². The lowest BCUT2D eigenvalue weighted by atomic mass is 9.99. The van der Waals surface area contributed by atoms with Gasteiger partial charge in [0.25, 0.3) is 0 Å². The molecular weight excluding hydrogens is 384 g/mol.